The number of benzene rings is 2. The quantitative estimate of drug-likeness (QED) is 0.253. The topological polar surface area (TPSA) is 48.9 Å². The monoisotopic (exact) mass is 552 g/mol. The van der Waals surface area contributed by atoms with Crippen LogP contribution in [0.5, 0.6) is 0 Å². The second-order valence-corrected chi connectivity index (χ2v) is 6.84. The van der Waals surface area contributed by atoms with E-state index in [0.717, 1.165) is 49.7 Å². The summed E-state index contributed by atoms with van der Waals surface area (Å²) in [5, 5.41) is 5.92. The lowest BCUT2D eigenvalue weighted by Gasteiger charge is -2.28. The van der Waals surface area contributed by atoms with E-state index in [1.807, 2.05) is 24.3 Å². The molecule has 0 saturated carbocycles. The van der Waals surface area contributed by atoms with Gasteiger partial charge in [-0.1, -0.05) is 18.2 Å². The summed E-state index contributed by atoms with van der Waals surface area (Å²) in [4.78, 5) is 6.29. The van der Waals surface area contributed by atoms with Crippen molar-refractivity contribution in [2.45, 2.75) is 19.3 Å². The number of nitrogens with one attached hydrogen (secondary N) is 2. The van der Waals surface area contributed by atoms with Crippen LogP contribution in [0.1, 0.15) is 16.7 Å². The molecule has 0 aromatic heterocycles. The number of halogens is 5. The fourth-order valence-corrected chi connectivity index (χ4v) is 3.20. The number of alkyl halides is 3. The first kappa shape index (κ1) is 25.2. The van der Waals surface area contributed by atoms with E-state index < -0.39 is 17.6 Å². The van der Waals surface area contributed by atoms with Crippen molar-refractivity contribution < 1.29 is 22.3 Å². The molecule has 1 heterocycles. The number of hydrogen-bond acceptors (Lipinski definition) is 3. The molecule has 10 heteroatoms. The van der Waals surface area contributed by atoms with Gasteiger partial charge in [0.05, 0.1) is 18.8 Å². The van der Waals surface area contributed by atoms with Crippen LogP contribution in [0.3, 0.4) is 0 Å². The van der Waals surface area contributed by atoms with Gasteiger partial charge in [0, 0.05) is 38.9 Å². The predicted molar refractivity (Wildman–Crippen MR) is 123 cm³/mol. The van der Waals surface area contributed by atoms with E-state index in [2.05, 4.69) is 20.5 Å². The first-order chi connectivity index (χ1) is 14.4. The molecule has 3 rings (SSSR count). The summed E-state index contributed by atoms with van der Waals surface area (Å²) in [6.45, 7) is 3.48. The molecule has 1 aliphatic rings. The fourth-order valence-electron chi connectivity index (χ4n) is 3.20. The second kappa shape index (κ2) is 11.5. The van der Waals surface area contributed by atoms with Crippen LogP contribution in [0, 0.1) is 5.82 Å². The third-order valence-corrected chi connectivity index (χ3v) is 4.82. The van der Waals surface area contributed by atoms with Crippen molar-refractivity contribution in [3.8, 4) is 0 Å². The van der Waals surface area contributed by atoms with Crippen LogP contribution in [0.15, 0.2) is 47.5 Å². The summed E-state index contributed by atoms with van der Waals surface area (Å²) in [6.07, 6.45) is -4.63. The van der Waals surface area contributed by atoms with Crippen LogP contribution in [0.25, 0.3) is 0 Å². The highest BCUT2D eigenvalue weighted by Crippen LogP contribution is 2.32. The molecule has 0 radical (unpaired) electrons. The maximum absolute atomic E-state index is 13.2. The normalized spacial score (nSPS) is 14.7. The molecule has 0 amide bonds. The number of aliphatic imine (C=N–C) groups is 1. The van der Waals surface area contributed by atoms with Crippen molar-refractivity contribution in [2.75, 3.05) is 38.3 Å². The van der Waals surface area contributed by atoms with Crippen LogP contribution in [0.2, 0.25) is 0 Å². The Bertz CT molecular complexity index is 869. The highest BCUT2D eigenvalue weighted by molar-refractivity contribution is 14.0. The Hall–Kier alpha value is -2.08. The Balaban J connectivity index is 0.00000341. The average molecular weight is 552 g/mol. The highest BCUT2D eigenvalue weighted by atomic mass is 127. The van der Waals surface area contributed by atoms with Gasteiger partial charge in [-0.15, -0.1) is 24.0 Å². The number of ether oxygens (including phenoxy) is 1. The number of anilines is 1. The van der Waals surface area contributed by atoms with Gasteiger partial charge in [0.15, 0.2) is 5.96 Å². The molecule has 0 spiro atoms. The summed E-state index contributed by atoms with van der Waals surface area (Å²) in [5.74, 6) is -0.571. The third kappa shape index (κ3) is 7.23. The average Bonchev–Trinajstić information content (AvgIpc) is 2.75. The van der Waals surface area contributed by atoms with Crippen LogP contribution >= 0.6 is 24.0 Å². The Morgan fingerprint density at radius 1 is 1.03 bits per heavy atom. The van der Waals surface area contributed by atoms with Crippen molar-refractivity contribution in [2.24, 2.45) is 4.99 Å². The van der Waals surface area contributed by atoms with Crippen LogP contribution in [-0.2, 0) is 24.0 Å². The lowest BCUT2D eigenvalue weighted by atomic mass is 10.1. The molecule has 0 unspecified atom stereocenters. The molecule has 1 fully saturated rings. The zero-order valence-corrected chi connectivity index (χ0v) is 19.3. The molecule has 1 aliphatic heterocycles. The van der Waals surface area contributed by atoms with E-state index in [4.69, 9.17) is 4.74 Å². The van der Waals surface area contributed by atoms with Crippen LogP contribution < -0.4 is 15.5 Å². The van der Waals surface area contributed by atoms with E-state index in [1.165, 1.54) is 7.05 Å². The van der Waals surface area contributed by atoms with Gasteiger partial charge in [0.1, 0.15) is 5.82 Å². The minimum Gasteiger partial charge on any atom is -0.378 e. The number of morpholine rings is 1. The minimum atomic E-state index is -4.63. The summed E-state index contributed by atoms with van der Waals surface area (Å²) in [5.41, 5.74) is 1.08. The van der Waals surface area contributed by atoms with Crippen molar-refractivity contribution in [3.05, 3.63) is 65.0 Å². The number of guanidine groups is 1. The Morgan fingerprint density at radius 2 is 1.68 bits per heavy atom. The van der Waals surface area contributed by atoms with Crippen molar-refractivity contribution in [3.63, 3.8) is 0 Å². The molecule has 5 nitrogen and oxygen atoms in total. The summed E-state index contributed by atoms with van der Waals surface area (Å²) >= 11 is 0. The van der Waals surface area contributed by atoms with Gasteiger partial charge < -0.3 is 20.3 Å². The van der Waals surface area contributed by atoms with E-state index in [-0.39, 0.29) is 36.1 Å². The van der Waals surface area contributed by atoms with E-state index in [0.29, 0.717) is 18.6 Å². The fraction of sp³-hybridized carbons (Fsp3) is 0.381. The van der Waals surface area contributed by atoms with Crippen molar-refractivity contribution in [1.82, 2.24) is 10.6 Å². The SMILES string of the molecule is CN=C(NCc1ccc(N2CCOCC2)cc1)NCc1ccc(F)cc1C(F)(F)F.I. The second-order valence-electron chi connectivity index (χ2n) is 6.84. The smallest absolute Gasteiger partial charge is 0.378 e. The molecule has 0 aliphatic carbocycles. The number of hydrogen-bond donors (Lipinski definition) is 2. The standard InChI is InChI=1S/C21H24F4N4O.HI/c1-26-20(28-14-16-4-5-17(22)12-19(16)21(23,24)25)27-13-15-2-6-18(7-3-15)29-8-10-30-11-9-29;/h2-7,12H,8-11,13-14H2,1H3,(H2,26,27,28);1H. The number of rotatable bonds is 5. The molecule has 2 N–H and O–H groups in total. The molecular formula is C21H25F4IN4O. The molecule has 1 saturated heterocycles. The molecule has 2 aromatic rings. The Kier molecular flexibility index (Phi) is 9.35. The molecule has 2 aromatic carbocycles. The van der Waals surface area contributed by atoms with Gasteiger partial charge in [-0.25, -0.2) is 4.39 Å². The maximum atomic E-state index is 13.2. The lowest BCUT2D eigenvalue weighted by Crippen LogP contribution is -2.37. The van der Waals surface area contributed by atoms with Gasteiger partial charge in [-0.2, -0.15) is 13.2 Å². The zero-order valence-electron chi connectivity index (χ0n) is 17.0. The van der Waals surface area contributed by atoms with Gasteiger partial charge in [-0.05, 0) is 35.4 Å². The van der Waals surface area contributed by atoms with E-state index in [9.17, 15) is 17.6 Å². The first-order valence-corrected chi connectivity index (χ1v) is 9.58. The molecule has 31 heavy (non-hydrogen) atoms. The van der Waals surface area contributed by atoms with Gasteiger partial charge in [0.2, 0.25) is 0 Å². The van der Waals surface area contributed by atoms with Crippen molar-refractivity contribution in [1.29, 1.82) is 0 Å². The predicted octanol–water partition coefficient (Wildman–Crippen LogP) is 4.16. The summed E-state index contributed by atoms with van der Waals surface area (Å²) in [6, 6.07) is 10.7. The van der Waals surface area contributed by atoms with Gasteiger partial charge in [-0.3, -0.25) is 4.99 Å². The molecule has 0 bridgehead atoms. The third-order valence-electron chi connectivity index (χ3n) is 4.82. The Morgan fingerprint density at radius 3 is 2.29 bits per heavy atom. The minimum absolute atomic E-state index is 0. The van der Waals surface area contributed by atoms with Crippen molar-refractivity contribution >= 4 is 35.6 Å². The molecule has 170 valence electrons. The van der Waals surface area contributed by atoms with Crippen LogP contribution in [-0.4, -0.2) is 39.3 Å². The summed E-state index contributed by atoms with van der Waals surface area (Å²) in [7, 11) is 1.53. The lowest BCUT2D eigenvalue weighted by molar-refractivity contribution is -0.138. The van der Waals surface area contributed by atoms with E-state index >= 15 is 0 Å². The largest absolute Gasteiger partial charge is 0.416 e. The van der Waals surface area contributed by atoms with E-state index in [1.54, 1.807) is 0 Å². The molecular weight excluding hydrogens is 527 g/mol. The highest BCUT2D eigenvalue weighted by Gasteiger charge is 2.33. The Labute approximate surface area is 195 Å². The zero-order chi connectivity index (χ0) is 21.6. The molecule has 0 atom stereocenters. The van der Waals surface area contributed by atoms with Gasteiger partial charge in [0.25, 0.3) is 0 Å². The maximum Gasteiger partial charge on any atom is 0.416 e. The summed E-state index contributed by atoms with van der Waals surface area (Å²) < 4.78 is 58.0. The first-order valence-electron chi connectivity index (χ1n) is 9.58. The van der Waals surface area contributed by atoms with Crippen LogP contribution in [0.4, 0.5) is 23.2 Å². The van der Waals surface area contributed by atoms with Gasteiger partial charge >= 0.3 is 6.18 Å². The number of nitrogens with zero attached hydrogens (tertiary/aromatic N) is 2.